The lowest BCUT2D eigenvalue weighted by Gasteiger charge is -2.14. The second-order valence-corrected chi connectivity index (χ2v) is 5.82. The molecule has 0 saturated heterocycles. The summed E-state index contributed by atoms with van der Waals surface area (Å²) in [6.45, 7) is 3.67. The normalized spacial score (nSPS) is 12.3. The van der Waals surface area contributed by atoms with Gasteiger partial charge in [-0.1, -0.05) is 30.3 Å². The van der Waals surface area contributed by atoms with Crippen molar-refractivity contribution >= 4 is 16.8 Å². The molecule has 1 atom stereocenters. The number of hydrogen-bond acceptors (Lipinski definition) is 3. The van der Waals surface area contributed by atoms with E-state index in [2.05, 4.69) is 0 Å². The molecule has 0 fully saturated rings. The number of methoxy groups -OCH3 is 1. The van der Waals surface area contributed by atoms with Gasteiger partial charge in [-0.2, -0.15) is 0 Å². The lowest BCUT2D eigenvalue weighted by molar-refractivity contribution is -0.117. The number of hydrogen-bond donors (Lipinski definition) is 0. The van der Waals surface area contributed by atoms with Gasteiger partial charge in [-0.05, 0) is 37.1 Å². The van der Waals surface area contributed by atoms with E-state index in [4.69, 9.17) is 9.15 Å². The molecule has 0 aliphatic rings. The zero-order valence-corrected chi connectivity index (χ0v) is 13.6. The van der Waals surface area contributed by atoms with Gasteiger partial charge >= 0.3 is 0 Å². The van der Waals surface area contributed by atoms with Crippen molar-refractivity contribution in [3.8, 4) is 5.75 Å². The first-order chi connectivity index (χ1) is 11.1. The smallest absolute Gasteiger partial charge is 0.138 e. The van der Waals surface area contributed by atoms with Crippen molar-refractivity contribution in [3.05, 3.63) is 65.4 Å². The van der Waals surface area contributed by atoms with Gasteiger partial charge in [0.1, 0.15) is 22.9 Å². The molecule has 23 heavy (non-hydrogen) atoms. The average Bonchev–Trinajstić information content (AvgIpc) is 2.89. The van der Waals surface area contributed by atoms with E-state index in [-0.39, 0.29) is 11.7 Å². The number of fused-ring (bicyclic) bond motifs is 1. The quantitative estimate of drug-likeness (QED) is 0.675. The Morgan fingerprint density at radius 1 is 1.17 bits per heavy atom. The Balaban J connectivity index is 2.14. The maximum atomic E-state index is 11.8. The summed E-state index contributed by atoms with van der Waals surface area (Å²) in [6, 6.07) is 15.9. The van der Waals surface area contributed by atoms with Gasteiger partial charge in [-0.15, -0.1) is 0 Å². The molecule has 3 rings (SSSR count). The number of Topliss-reactive ketones (excluding diaryl/α,β-unsaturated/α-hetero) is 1. The van der Waals surface area contributed by atoms with Gasteiger partial charge in [-0.25, -0.2) is 0 Å². The van der Waals surface area contributed by atoms with Crippen molar-refractivity contribution in [2.75, 3.05) is 7.11 Å². The first-order valence-corrected chi connectivity index (χ1v) is 7.71. The summed E-state index contributed by atoms with van der Waals surface area (Å²) in [7, 11) is 1.64. The summed E-state index contributed by atoms with van der Waals surface area (Å²) in [4.78, 5) is 11.8. The molecule has 0 aliphatic heterocycles. The van der Waals surface area contributed by atoms with Crippen LogP contribution in [0.3, 0.4) is 0 Å². The summed E-state index contributed by atoms with van der Waals surface area (Å²) in [5, 5.41) is 1.06. The molecule has 118 valence electrons. The molecule has 2 aromatic carbocycles. The number of ketones is 1. The first-order valence-electron chi connectivity index (χ1n) is 7.71. The summed E-state index contributed by atoms with van der Waals surface area (Å²) < 4.78 is 11.4. The number of rotatable bonds is 5. The van der Waals surface area contributed by atoms with Crippen molar-refractivity contribution in [2.45, 2.75) is 26.2 Å². The zero-order chi connectivity index (χ0) is 16.4. The minimum absolute atomic E-state index is 0.0629. The average molecular weight is 308 g/mol. The fraction of sp³-hybridized carbons (Fsp3) is 0.250. The van der Waals surface area contributed by atoms with Crippen molar-refractivity contribution in [3.63, 3.8) is 0 Å². The molecule has 0 radical (unpaired) electrons. The molecule has 0 spiro atoms. The minimum Gasteiger partial charge on any atom is -0.497 e. The van der Waals surface area contributed by atoms with Crippen molar-refractivity contribution in [2.24, 2.45) is 0 Å². The van der Waals surface area contributed by atoms with E-state index in [9.17, 15) is 4.79 Å². The van der Waals surface area contributed by atoms with Gasteiger partial charge in [0.15, 0.2) is 0 Å². The van der Waals surface area contributed by atoms with Crippen LogP contribution in [-0.2, 0) is 4.79 Å². The molecule has 0 N–H and O–H groups in total. The van der Waals surface area contributed by atoms with E-state index < -0.39 is 0 Å². The molecule has 3 aromatic rings. The first kappa shape index (κ1) is 15.3. The summed E-state index contributed by atoms with van der Waals surface area (Å²) in [6.07, 6.45) is 0.432. The topological polar surface area (TPSA) is 39.4 Å². The van der Waals surface area contributed by atoms with Crippen LogP contribution in [0.4, 0.5) is 0 Å². The van der Waals surface area contributed by atoms with Crippen LogP contribution in [0, 0.1) is 6.92 Å². The van der Waals surface area contributed by atoms with Crippen molar-refractivity contribution < 1.29 is 13.9 Å². The third-order valence-electron chi connectivity index (χ3n) is 4.19. The Bertz CT molecular complexity index is 831. The highest BCUT2D eigenvalue weighted by molar-refractivity contribution is 5.84. The molecular weight excluding hydrogens is 288 g/mol. The van der Waals surface area contributed by atoms with Crippen LogP contribution in [0.2, 0.25) is 0 Å². The van der Waals surface area contributed by atoms with Crippen LogP contribution in [0.1, 0.15) is 36.1 Å². The molecule has 3 nitrogen and oxygen atoms in total. The lowest BCUT2D eigenvalue weighted by Crippen LogP contribution is -2.06. The number of benzene rings is 2. The third kappa shape index (κ3) is 3.00. The minimum atomic E-state index is -0.0629. The molecule has 0 aliphatic carbocycles. The van der Waals surface area contributed by atoms with Crippen LogP contribution in [0.5, 0.6) is 5.75 Å². The SMILES string of the molecule is COc1ccc2c(C)c(C(CC(C)=O)c3ccccc3)oc2c1. The van der Waals surface area contributed by atoms with E-state index in [0.29, 0.717) is 6.42 Å². The zero-order valence-electron chi connectivity index (χ0n) is 13.6. The highest BCUT2D eigenvalue weighted by atomic mass is 16.5. The monoisotopic (exact) mass is 308 g/mol. The van der Waals surface area contributed by atoms with E-state index >= 15 is 0 Å². The Morgan fingerprint density at radius 3 is 2.57 bits per heavy atom. The molecule has 1 heterocycles. The molecule has 1 aromatic heterocycles. The van der Waals surface area contributed by atoms with Gasteiger partial charge in [0.05, 0.1) is 7.11 Å². The number of carbonyl (C=O) groups excluding carboxylic acids is 1. The highest BCUT2D eigenvalue weighted by Crippen LogP contribution is 2.37. The van der Waals surface area contributed by atoms with Gasteiger partial charge in [0, 0.05) is 23.8 Å². The lowest BCUT2D eigenvalue weighted by atomic mass is 9.89. The maximum Gasteiger partial charge on any atom is 0.138 e. The van der Waals surface area contributed by atoms with E-state index in [1.54, 1.807) is 14.0 Å². The van der Waals surface area contributed by atoms with E-state index in [1.807, 2.05) is 55.5 Å². The van der Waals surface area contributed by atoms with Crippen LogP contribution < -0.4 is 4.74 Å². The van der Waals surface area contributed by atoms with Gasteiger partial charge < -0.3 is 9.15 Å². The standard InChI is InChI=1S/C20H20O3/c1-13(21)11-18(15-7-5-4-6-8-15)20-14(2)17-10-9-16(22-3)12-19(17)23-20/h4-10,12,18H,11H2,1-3H3. The van der Waals surface area contributed by atoms with Crippen LogP contribution in [-0.4, -0.2) is 12.9 Å². The summed E-state index contributed by atoms with van der Waals surface area (Å²) >= 11 is 0. The highest BCUT2D eigenvalue weighted by Gasteiger charge is 2.23. The Labute approximate surface area is 135 Å². The summed E-state index contributed by atoms with van der Waals surface area (Å²) in [5.74, 6) is 1.71. The molecule has 1 unspecified atom stereocenters. The molecular formula is C20H20O3. The maximum absolute atomic E-state index is 11.8. The summed E-state index contributed by atoms with van der Waals surface area (Å²) in [5.41, 5.74) is 2.97. The number of furan rings is 1. The Morgan fingerprint density at radius 2 is 1.91 bits per heavy atom. The van der Waals surface area contributed by atoms with Gasteiger partial charge in [0.25, 0.3) is 0 Å². The molecule has 0 amide bonds. The third-order valence-corrected chi connectivity index (χ3v) is 4.19. The predicted octanol–water partition coefficient (Wildman–Crippen LogP) is 4.86. The van der Waals surface area contributed by atoms with Crippen LogP contribution in [0.15, 0.2) is 52.9 Å². The largest absolute Gasteiger partial charge is 0.497 e. The second kappa shape index (κ2) is 6.29. The number of aryl methyl sites for hydroxylation is 1. The molecule has 0 saturated carbocycles. The van der Waals surface area contributed by atoms with E-state index in [1.165, 1.54) is 0 Å². The number of ether oxygens (including phenoxy) is 1. The predicted molar refractivity (Wildman–Crippen MR) is 91.1 cm³/mol. The van der Waals surface area contributed by atoms with Crippen molar-refractivity contribution in [1.29, 1.82) is 0 Å². The second-order valence-electron chi connectivity index (χ2n) is 5.82. The fourth-order valence-electron chi connectivity index (χ4n) is 3.02. The van der Waals surface area contributed by atoms with E-state index in [0.717, 1.165) is 33.6 Å². The Hall–Kier alpha value is -2.55. The Kier molecular flexibility index (Phi) is 4.20. The van der Waals surface area contributed by atoms with Crippen LogP contribution in [0.25, 0.3) is 11.0 Å². The fourth-order valence-corrected chi connectivity index (χ4v) is 3.02. The van der Waals surface area contributed by atoms with Crippen LogP contribution >= 0.6 is 0 Å². The van der Waals surface area contributed by atoms with Crippen molar-refractivity contribution in [1.82, 2.24) is 0 Å². The van der Waals surface area contributed by atoms with Gasteiger partial charge in [-0.3, -0.25) is 4.79 Å². The molecule has 3 heteroatoms. The molecule has 0 bridgehead atoms. The van der Waals surface area contributed by atoms with Gasteiger partial charge in [0.2, 0.25) is 0 Å². The number of carbonyl (C=O) groups is 1.